The second kappa shape index (κ2) is 8.73. The molecule has 4 rings (SSSR count). The van der Waals surface area contributed by atoms with E-state index in [1.54, 1.807) is 7.11 Å². The first-order chi connectivity index (χ1) is 13.7. The molecule has 6 heteroatoms. The van der Waals surface area contributed by atoms with Crippen LogP contribution in [0.3, 0.4) is 0 Å². The Balaban J connectivity index is 1.25. The Hall–Kier alpha value is -2.41. The third-order valence-electron chi connectivity index (χ3n) is 5.71. The molecule has 0 bridgehead atoms. The van der Waals surface area contributed by atoms with E-state index in [1.165, 1.54) is 5.56 Å². The van der Waals surface area contributed by atoms with Crippen molar-refractivity contribution in [1.82, 2.24) is 20.7 Å². The normalized spacial score (nSPS) is 23.0. The van der Waals surface area contributed by atoms with Gasteiger partial charge in [-0.3, -0.25) is 9.69 Å². The highest BCUT2D eigenvalue weighted by atomic mass is 16.5. The summed E-state index contributed by atoms with van der Waals surface area (Å²) in [5.41, 5.74) is 9.18. The van der Waals surface area contributed by atoms with Gasteiger partial charge in [-0.05, 0) is 29.7 Å². The monoisotopic (exact) mass is 380 g/mol. The Morgan fingerprint density at radius 2 is 1.71 bits per heavy atom. The molecule has 2 atom stereocenters. The number of piperazine rings is 1. The van der Waals surface area contributed by atoms with Crippen LogP contribution in [0.2, 0.25) is 0 Å². The molecule has 2 unspecified atom stereocenters. The van der Waals surface area contributed by atoms with Crippen LogP contribution >= 0.6 is 0 Å². The number of hydrazine groups is 1. The van der Waals surface area contributed by atoms with Crippen molar-refractivity contribution in [1.29, 1.82) is 0 Å². The standard InChI is InChI=1S/C22H28N4O2/c1-28-19-9-7-17(8-10-19)15-22(27)26-13-11-25(12-14-26)21-16-20(23-24-21)18-5-3-2-4-6-18/h2-10,20-21,23-24H,11-16H2,1H3. The minimum atomic E-state index is 0.199. The van der Waals surface area contributed by atoms with Crippen molar-refractivity contribution >= 4 is 5.91 Å². The molecular weight excluding hydrogens is 352 g/mol. The van der Waals surface area contributed by atoms with Gasteiger partial charge in [-0.15, -0.1) is 0 Å². The van der Waals surface area contributed by atoms with E-state index in [0.717, 1.165) is 43.9 Å². The SMILES string of the molecule is COc1ccc(CC(=O)N2CCN(C3CC(c4ccccc4)NN3)CC2)cc1. The number of nitrogens with zero attached hydrogens (tertiary/aromatic N) is 2. The molecule has 0 saturated carbocycles. The number of amides is 1. The molecule has 2 aliphatic rings. The first-order valence-corrected chi connectivity index (χ1v) is 9.93. The predicted octanol–water partition coefficient (Wildman–Crippen LogP) is 1.95. The van der Waals surface area contributed by atoms with Gasteiger partial charge in [0.15, 0.2) is 0 Å². The Morgan fingerprint density at radius 3 is 2.39 bits per heavy atom. The predicted molar refractivity (Wildman–Crippen MR) is 109 cm³/mol. The zero-order chi connectivity index (χ0) is 19.3. The average Bonchev–Trinajstić information content (AvgIpc) is 3.25. The van der Waals surface area contributed by atoms with Crippen molar-refractivity contribution in [2.24, 2.45) is 0 Å². The van der Waals surface area contributed by atoms with E-state index in [9.17, 15) is 4.79 Å². The molecule has 148 valence electrons. The van der Waals surface area contributed by atoms with Crippen LogP contribution in [-0.2, 0) is 11.2 Å². The molecule has 2 aliphatic heterocycles. The second-order valence-electron chi connectivity index (χ2n) is 7.45. The van der Waals surface area contributed by atoms with Gasteiger partial charge < -0.3 is 9.64 Å². The van der Waals surface area contributed by atoms with Crippen molar-refractivity contribution in [2.75, 3.05) is 33.3 Å². The lowest BCUT2D eigenvalue weighted by Gasteiger charge is -2.37. The van der Waals surface area contributed by atoms with E-state index >= 15 is 0 Å². The number of rotatable bonds is 5. The van der Waals surface area contributed by atoms with Crippen molar-refractivity contribution in [3.63, 3.8) is 0 Å². The Kier molecular flexibility index (Phi) is 5.90. The fourth-order valence-electron chi connectivity index (χ4n) is 4.00. The first-order valence-electron chi connectivity index (χ1n) is 9.93. The summed E-state index contributed by atoms with van der Waals surface area (Å²) < 4.78 is 5.17. The molecule has 28 heavy (non-hydrogen) atoms. The smallest absolute Gasteiger partial charge is 0.227 e. The van der Waals surface area contributed by atoms with E-state index in [1.807, 2.05) is 35.2 Å². The van der Waals surface area contributed by atoms with Crippen LogP contribution in [-0.4, -0.2) is 55.2 Å². The maximum absolute atomic E-state index is 12.6. The summed E-state index contributed by atoms with van der Waals surface area (Å²) in [4.78, 5) is 17.1. The molecule has 6 nitrogen and oxygen atoms in total. The van der Waals surface area contributed by atoms with E-state index in [4.69, 9.17) is 4.74 Å². The second-order valence-corrected chi connectivity index (χ2v) is 7.45. The van der Waals surface area contributed by atoms with Crippen molar-refractivity contribution in [3.05, 3.63) is 65.7 Å². The summed E-state index contributed by atoms with van der Waals surface area (Å²) in [6.07, 6.45) is 1.79. The summed E-state index contributed by atoms with van der Waals surface area (Å²) in [7, 11) is 1.65. The zero-order valence-corrected chi connectivity index (χ0v) is 16.3. The summed E-state index contributed by atoms with van der Waals surface area (Å²) in [5, 5.41) is 0. The number of ether oxygens (including phenoxy) is 1. The molecule has 2 aromatic rings. The number of methoxy groups -OCH3 is 1. The maximum atomic E-state index is 12.6. The topological polar surface area (TPSA) is 56.8 Å². The van der Waals surface area contributed by atoms with Gasteiger partial charge in [-0.2, -0.15) is 0 Å². The number of nitrogens with one attached hydrogen (secondary N) is 2. The highest BCUT2D eigenvalue weighted by Crippen LogP contribution is 2.24. The number of hydrogen-bond donors (Lipinski definition) is 2. The Labute approximate surface area is 166 Å². The fraction of sp³-hybridized carbons (Fsp3) is 0.409. The van der Waals surface area contributed by atoms with Gasteiger partial charge in [0.05, 0.1) is 19.7 Å². The molecule has 2 aromatic carbocycles. The van der Waals surface area contributed by atoms with Crippen LogP contribution in [0.5, 0.6) is 5.75 Å². The molecule has 0 aromatic heterocycles. The highest BCUT2D eigenvalue weighted by Gasteiger charge is 2.32. The van der Waals surface area contributed by atoms with Crippen LogP contribution in [0.4, 0.5) is 0 Å². The van der Waals surface area contributed by atoms with Crippen molar-refractivity contribution in [3.8, 4) is 5.75 Å². The first kappa shape index (κ1) is 18.9. The van der Waals surface area contributed by atoms with Gasteiger partial charge in [0.2, 0.25) is 5.91 Å². The van der Waals surface area contributed by atoms with Gasteiger partial charge in [0.1, 0.15) is 5.75 Å². The molecule has 0 spiro atoms. The number of carbonyl (C=O) groups excluding carboxylic acids is 1. The van der Waals surface area contributed by atoms with Crippen molar-refractivity contribution in [2.45, 2.75) is 25.0 Å². The van der Waals surface area contributed by atoms with Gasteiger partial charge in [-0.25, -0.2) is 10.9 Å². The average molecular weight is 380 g/mol. The Bertz CT molecular complexity index is 773. The molecular formula is C22H28N4O2. The zero-order valence-electron chi connectivity index (χ0n) is 16.3. The minimum absolute atomic E-state index is 0.199. The minimum Gasteiger partial charge on any atom is -0.497 e. The molecule has 2 heterocycles. The van der Waals surface area contributed by atoms with Crippen LogP contribution in [0.1, 0.15) is 23.6 Å². The molecule has 2 fully saturated rings. The summed E-state index contributed by atoms with van der Waals surface area (Å²) in [5.74, 6) is 1.01. The van der Waals surface area contributed by atoms with Gasteiger partial charge in [0.25, 0.3) is 0 Å². The van der Waals surface area contributed by atoms with E-state index in [0.29, 0.717) is 18.6 Å². The van der Waals surface area contributed by atoms with Gasteiger partial charge >= 0.3 is 0 Å². The van der Waals surface area contributed by atoms with E-state index < -0.39 is 0 Å². The van der Waals surface area contributed by atoms with Crippen LogP contribution in [0, 0.1) is 0 Å². The molecule has 2 saturated heterocycles. The number of carbonyl (C=O) groups is 1. The highest BCUT2D eigenvalue weighted by molar-refractivity contribution is 5.79. The quantitative estimate of drug-likeness (QED) is 0.830. The molecule has 1 amide bonds. The fourth-order valence-corrected chi connectivity index (χ4v) is 4.00. The van der Waals surface area contributed by atoms with Crippen LogP contribution < -0.4 is 15.6 Å². The van der Waals surface area contributed by atoms with Crippen LogP contribution in [0.25, 0.3) is 0 Å². The number of hydrogen-bond acceptors (Lipinski definition) is 5. The summed E-state index contributed by atoms with van der Waals surface area (Å²) >= 11 is 0. The largest absolute Gasteiger partial charge is 0.497 e. The van der Waals surface area contributed by atoms with E-state index in [2.05, 4.69) is 40.0 Å². The lowest BCUT2D eigenvalue weighted by Crippen LogP contribution is -2.55. The van der Waals surface area contributed by atoms with Crippen LogP contribution in [0.15, 0.2) is 54.6 Å². The maximum Gasteiger partial charge on any atom is 0.227 e. The molecule has 2 N–H and O–H groups in total. The Morgan fingerprint density at radius 1 is 1.00 bits per heavy atom. The lowest BCUT2D eigenvalue weighted by molar-refractivity contribution is -0.132. The van der Waals surface area contributed by atoms with Gasteiger partial charge in [-0.1, -0.05) is 42.5 Å². The number of benzene rings is 2. The summed E-state index contributed by atoms with van der Waals surface area (Å²) in [6, 6.07) is 18.6. The molecule has 0 radical (unpaired) electrons. The van der Waals surface area contributed by atoms with Crippen molar-refractivity contribution < 1.29 is 9.53 Å². The molecule has 0 aliphatic carbocycles. The third-order valence-corrected chi connectivity index (χ3v) is 5.71. The third kappa shape index (κ3) is 4.35. The van der Waals surface area contributed by atoms with Gasteiger partial charge in [0, 0.05) is 32.2 Å². The van der Waals surface area contributed by atoms with E-state index in [-0.39, 0.29) is 5.91 Å². The lowest BCUT2D eigenvalue weighted by atomic mass is 10.0. The summed E-state index contributed by atoms with van der Waals surface area (Å²) in [6.45, 7) is 3.36.